The molecule has 0 saturated carbocycles. The van der Waals surface area contributed by atoms with Gasteiger partial charge in [0.2, 0.25) is 0 Å². The molecule has 0 fully saturated rings. The third kappa shape index (κ3) is 3.29. The molecule has 0 bridgehead atoms. The maximum Gasteiger partial charge on any atom is 0.106 e. The number of nitrogens with zero attached hydrogens (tertiary/aromatic N) is 2. The second-order valence-electron chi connectivity index (χ2n) is 5.65. The summed E-state index contributed by atoms with van der Waals surface area (Å²) in [6.07, 6.45) is 4.22. The molecule has 114 valence electrons. The third-order valence-electron chi connectivity index (χ3n) is 3.79. The SMILES string of the molecule is CC(CCN)Cc1cn(-c2ccccc2)nc1-c1cccs1. The first-order chi connectivity index (χ1) is 10.8. The van der Waals surface area contributed by atoms with Gasteiger partial charge in [0, 0.05) is 6.20 Å². The average Bonchev–Trinajstić information content (AvgIpc) is 3.17. The first-order valence-electron chi connectivity index (χ1n) is 7.66. The molecule has 3 rings (SSSR count). The van der Waals surface area contributed by atoms with Gasteiger partial charge < -0.3 is 5.73 Å². The Labute approximate surface area is 135 Å². The van der Waals surface area contributed by atoms with Crippen LogP contribution in [0.4, 0.5) is 0 Å². The number of rotatable bonds is 6. The standard InChI is InChI=1S/C18H21N3S/c1-14(9-10-19)12-15-13-21(16-6-3-2-4-7-16)20-18(15)17-8-5-11-22-17/h2-8,11,13-14H,9-10,12,19H2,1H3. The minimum Gasteiger partial charge on any atom is -0.330 e. The predicted molar refractivity (Wildman–Crippen MR) is 93.4 cm³/mol. The largest absolute Gasteiger partial charge is 0.330 e. The van der Waals surface area contributed by atoms with Gasteiger partial charge in [-0.3, -0.25) is 0 Å². The molecule has 4 heteroatoms. The van der Waals surface area contributed by atoms with Crippen LogP contribution < -0.4 is 5.73 Å². The molecule has 3 nitrogen and oxygen atoms in total. The molecule has 22 heavy (non-hydrogen) atoms. The van der Waals surface area contributed by atoms with E-state index in [2.05, 4.69) is 42.8 Å². The van der Waals surface area contributed by atoms with Crippen LogP contribution in [0.5, 0.6) is 0 Å². The Morgan fingerprint density at radius 3 is 2.68 bits per heavy atom. The zero-order chi connectivity index (χ0) is 15.4. The van der Waals surface area contributed by atoms with Gasteiger partial charge in [0.25, 0.3) is 0 Å². The van der Waals surface area contributed by atoms with Crippen LogP contribution in [0.15, 0.2) is 54.0 Å². The summed E-state index contributed by atoms with van der Waals surface area (Å²) >= 11 is 1.74. The van der Waals surface area contributed by atoms with Crippen LogP contribution in [0.2, 0.25) is 0 Å². The molecule has 3 aromatic rings. The van der Waals surface area contributed by atoms with Gasteiger partial charge in [0.15, 0.2) is 0 Å². The van der Waals surface area contributed by atoms with Crippen LogP contribution in [-0.4, -0.2) is 16.3 Å². The van der Waals surface area contributed by atoms with Crippen molar-refractivity contribution in [2.45, 2.75) is 19.8 Å². The number of hydrogen-bond acceptors (Lipinski definition) is 3. The number of hydrogen-bond donors (Lipinski definition) is 1. The Kier molecular flexibility index (Phi) is 4.71. The fourth-order valence-electron chi connectivity index (χ4n) is 2.65. The van der Waals surface area contributed by atoms with Gasteiger partial charge in [0.05, 0.1) is 10.6 Å². The van der Waals surface area contributed by atoms with E-state index in [1.807, 2.05) is 22.9 Å². The van der Waals surface area contributed by atoms with E-state index in [9.17, 15) is 0 Å². The van der Waals surface area contributed by atoms with Gasteiger partial charge in [0.1, 0.15) is 5.69 Å². The van der Waals surface area contributed by atoms with Crippen molar-refractivity contribution in [2.75, 3.05) is 6.54 Å². The number of benzene rings is 1. The van der Waals surface area contributed by atoms with Crippen LogP contribution in [0.25, 0.3) is 16.3 Å². The lowest BCUT2D eigenvalue weighted by Crippen LogP contribution is -2.08. The average molecular weight is 311 g/mol. The van der Waals surface area contributed by atoms with Crippen molar-refractivity contribution in [2.24, 2.45) is 11.7 Å². The van der Waals surface area contributed by atoms with E-state index in [0.717, 1.165) is 30.8 Å². The molecule has 1 aromatic carbocycles. The first kappa shape index (κ1) is 15.0. The Bertz CT molecular complexity index is 701. The van der Waals surface area contributed by atoms with Gasteiger partial charge in [-0.1, -0.05) is 31.2 Å². The molecular formula is C18H21N3S. The van der Waals surface area contributed by atoms with E-state index in [0.29, 0.717) is 5.92 Å². The Morgan fingerprint density at radius 2 is 2.00 bits per heavy atom. The molecule has 0 spiro atoms. The highest BCUT2D eigenvalue weighted by Gasteiger charge is 2.15. The van der Waals surface area contributed by atoms with Crippen molar-refractivity contribution in [3.63, 3.8) is 0 Å². The summed E-state index contributed by atoms with van der Waals surface area (Å²) in [4.78, 5) is 1.23. The highest BCUT2D eigenvalue weighted by Crippen LogP contribution is 2.29. The molecular weight excluding hydrogens is 290 g/mol. The quantitative estimate of drug-likeness (QED) is 0.744. The van der Waals surface area contributed by atoms with E-state index in [1.165, 1.54) is 10.4 Å². The molecule has 0 aliphatic rings. The van der Waals surface area contributed by atoms with Crippen molar-refractivity contribution in [1.29, 1.82) is 0 Å². The molecule has 1 unspecified atom stereocenters. The van der Waals surface area contributed by atoms with Crippen molar-refractivity contribution in [1.82, 2.24) is 9.78 Å². The topological polar surface area (TPSA) is 43.8 Å². The monoisotopic (exact) mass is 311 g/mol. The smallest absolute Gasteiger partial charge is 0.106 e. The summed E-state index contributed by atoms with van der Waals surface area (Å²) in [5.41, 5.74) is 9.19. The van der Waals surface area contributed by atoms with Crippen LogP contribution in [0, 0.1) is 5.92 Å². The molecule has 2 heterocycles. The van der Waals surface area contributed by atoms with Gasteiger partial charge in [-0.15, -0.1) is 11.3 Å². The second kappa shape index (κ2) is 6.90. The molecule has 0 amide bonds. The normalized spacial score (nSPS) is 12.5. The Morgan fingerprint density at radius 1 is 1.18 bits per heavy atom. The Hall–Kier alpha value is -1.91. The molecule has 1 atom stereocenters. The van der Waals surface area contributed by atoms with Crippen LogP contribution >= 0.6 is 11.3 Å². The predicted octanol–water partition coefficient (Wildman–Crippen LogP) is 4.13. The van der Waals surface area contributed by atoms with Gasteiger partial charge >= 0.3 is 0 Å². The summed E-state index contributed by atoms with van der Waals surface area (Å²) in [5.74, 6) is 0.567. The molecule has 0 aliphatic carbocycles. The minimum absolute atomic E-state index is 0.567. The molecule has 2 N–H and O–H groups in total. The highest BCUT2D eigenvalue weighted by atomic mass is 32.1. The van der Waals surface area contributed by atoms with Crippen molar-refractivity contribution < 1.29 is 0 Å². The van der Waals surface area contributed by atoms with E-state index in [-0.39, 0.29) is 0 Å². The lowest BCUT2D eigenvalue weighted by molar-refractivity contribution is 0.539. The summed E-state index contributed by atoms with van der Waals surface area (Å²) < 4.78 is 1.99. The van der Waals surface area contributed by atoms with Crippen molar-refractivity contribution >= 4 is 11.3 Å². The van der Waals surface area contributed by atoms with Gasteiger partial charge in [-0.25, -0.2) is 4.68 Å². The second-order valence-corrected chi connectivity index (χ2v) is 6.59. The van der Waals surface area contributed by atoms with Crippen LogP contribution in [-0.2, 0) is 6.42 Å². The number of thiophene rings is 1. The first-order valence-corrected chi connectivity index (χ1v) is 8.54. The van der Waals surface area contributed by atoms with Gasteiger partial charge in [-0.05, 0) is 54.4 Å². The van der Waals surface area contributed by atoms with E-state index < -0.39 is 0 Å². The van der Waals surface area contributed by atoms with Crippen LogP contribution in [0.3, 0.4) is 0 Å². The molecule has 0 saturated heterocycles. The van der Waals surface area contributed by atoms with Gasteiger partial charge in [-0.2, -0.15) is 5.10 Å². The van der Waals surface area contributed by atoms with Crippen molar-refractivity contribution in [3.05, 3.63) is 59.6 Å². The summed E-state index contributed by atoms with van der Waals surface area (Å²) in [7, 11) is 0. The number of nitrogens with two attached hydrogens (primary N) is 1. The van der Waals surface area contributed by atoms with Crippen molar-refractivity contribution in [3.8, 4) is 16.3 Å². The highest BCUT2D eigenvalue weighted by molar-refractivity contribution is 7.13. The zero-order valence-corrected chi connectivity index (χ0v) is 13.6. The summed E-state index contributed by atoms with van der Waals surface area (Å²) in [6, 6.07) is 14.5. The summed E-state index contributed by atoms with van der Waals surface area (Å²) in [6.45, 7) is 2.99. The van der Waals surface area contributed by atoms with Crippen LogP contribution in [0.1, 0.15) is 18.9 Å². The van der Waals surface area contributed by atoms with E-state index in [4.69, 9.17) is 10.8 Å². The molecule has 0 radical (unpaired) electrons. The zero-order valence-electron chi connectivity index (χ0n) is 12.8. The maximum atomic E-state index is 5.69. The Balaban J connectivity index is 1.97. The third-order valence-corrected chi connectivity index (χ3v) is 4.67. The molecule has 0 aliphatic heterocycles. The number of para-hydroxylation sites is 1. The minimum atomic E-state index is 0.567. The fraction of sp³-hybridized carbons (Fsp3) is 0.278. The summed E-state index contributed by atoms with van der Waals surface area (Å²) in [5, 5.41) is 6.93. The van der Waals surface area contributed by atoms with E-state index in [1.54, 1.807) is 11.3 Å². The maximum absolute atomic E-state index is 5.69. The fourth-order valence-corrected chi connectivity index (χ4v) is 3.40. The number of aromatic nitrogens is 2. The lowest BCUT2D eigenvalue weighted by Gasteiger charge is -2.08. The molecule has 2 aromatic heterocycles. The van der Waals surface area contributed by atoms with E-state index >= 15 is 0 Å². The lowest BCUT2D eigenvalue weighted by atomic mass is 9.98.